The van der Waals surface area contributed by atoms with Crippen LogP contribution in [0.4, 0.5) is 5.69 Å². The van der Waals surface area contributed by atoms with Crippen LogP contribution < -0.4 is 10.5 Å². The molecule has 0 aromatic heterocycles. The van der Waals surface area contributed by atoms with E-state index in [-0.39, 0.29) is 35.7 Å². The van der Waals surface area contributed by atoms with Gasteiger partial charge in [-0.25, -0.2) is 0 Å². The molecule has 1 saturated heterocycles. The zero-order chi connectivity index (χ0) is 19.1. The van der Waals surface area contributed by atoms with Gasteiger partial charge in [-0.05, 0) is 38.1 Å². The van der Waals surface area contributed by atoms with Crippen molar-refractivity contribution in [1.29, 1.82) is 0 Å². The number of rotatable bonds is 8. The summed E-state index contributed by atoms with van der Waals surface area (Å²) in [5.41, 5.74) is 5.32. The molecular weight excluding hydrogens is 394 g/mol. The molecule has 0 aliphatic carbocycles. The highest BCUT2D eigenvalue weighted by molar-refractivity contribution is 7.98. The van der Waals surface area contributed by atoms with Gasteiger partial charge in [0.1, 0.15) is 11.3 Å². The Morgan fingerprint density at radius 3 is 2.59 bits per heavy atom. The first-order valence-corrected chi connectivity index (χ1v) is 9.75. The minimum Gasteiger partial charge on any atom is -0.495 e. The molecule has 27 heavy (non-hydrogen) atoms. The summed E-state index contributed by atoms with van der Waals surface area (Å²) in [4.78, 5) is 26.1. The van der Waals surface area contributed by atoms with Gasteiger partial charge >= 0.3 is 0 Å². The summed E-state index contributed by atoms with van der Waals surface area (Å²) in [5.74, 6) is 0.0721. The fourth-order valence-corrected chi connectivity index (χ4v) is 3.50. The number of hydrogen-bond acceptors (Lipinski definition) is 7. The zero-order valence-corrected chi connectivity index (χ0v) is 17.1. The molecule has 0 saturated carbocycles. The van der Waals surface area contributed by atoms with Crippen molar-refractivity contribution >= 4 is 35.8 Å². The monoisotopic (exact) mass is 419 g/mol. The van der Waals surface area contributed by atoms with Gasteiger partial charge in [0, 0.05) is 19.7 Å². The van der Waals surface area contributed by atoms with Gasteiger partial charge in [0.25, 0.3) is 11.6 Å². The molecule has 1 aromatic rings. The summed E-state index contributed by atoms with van der Waals surface area (Å²) in [5, 5.41) is 11.4. The molecule has 0 unspecified atom stereocenters. The number of likely N-dealkylation sites (tertiary alicyclic amines) is 1. The van der Waals surface area contributed by atoms with Crippen LogP contribution in [-0.4, -0.2) is 61.4 Å². The normalized spacial score (nSPS) is 14.6. The molecule has 1 aliphatic heterocycles. The number of hydrogen-bond donors (Lipinski definition) is 1. The fourth-order valence-electron chi connectivity index (χ4n) is 2.92. The van der Waals surface area contributed by atoms with Crippen molar-refractivity contribution in [3.8, 4) is 5.75 Å². The number of nitro groups is 1. The molecule has 0 atom stereocenters. The number of methoxy groups -OCH3 is 1. The van der Waals surface area contributed by atoms with Gasteiger partial charge in [-0.2, -0.15) is 0 Å². The number of nitrogens with zero attached hydrogens (tertiary/aromatic N) is 2. The first kappa shape index (κ1) is 23.5. The number of thioether (sulfide) groups is 1. The van der Waals surface area contributed by atoms with E-state index < -0.39 is 4.92 Å². The average molecular weight is 420 g/mol. The third-order valence-corrected chi connectivity index (χ3v) is 5.12. The summed E-state index contributed by atoms with van der Waals surface area (Å²) < 4.78 is 10.9. The highest BCUT2D eigenvalue weighted by Gasteiger charge is 2.30. The molecule has 1 aromatic carbocycles. The summed E-state index contributed by atoms with van der Waals surface area (Å²) in [6, 6.07) is 2.87. The average Bonchev–Trinajstić information content (AvgIpc) is 2.67. The molecule has 10 heteroatoms. The molecule has 0 spiro atoms. The molecule has 2 N–H and O–H groups in total. The Hall–Kier alpha value is -1.55. The highest BCUT2D eigenvalue weighted by Crippen LogP contribution is 2.35. The van der Waals surface area contributed by atoms with Crippen molar-refractivity contribution in [3.05, 3.63) is 27.8 Å². The Kier molecular flexibility index (Phi) is 9.86. The Morgan fingerprint density at radius 1 is 1.41 bits per heavy atom. The van der Waals surface area contributed by atoms with Crippen molar-refractivity contribution < 1.29 is 19.2 Å². The molecule has 0 radical (unpaired) electrons. The molecule has 8 nitrogen and oxygen atoms in total. The third kappa shape index (κ3) is 5.97. The highest BCUT2D eigenvalue weighted by atomic mass is 35.5. The van der Waals surface area contributed by atoms with Crippen LogP contribution in [0.5, 0.6) is 5.75 Å². The maximum absolute atomic E-state index is 12.9. The summed E-state index contributed by atoms with van der Waals surface area (Å²) >= 11 is 1.38. The number of ether oxygens (including phenoxy) is 2. The third-order valence-electron chi connectivity index (χ3n) is 4.36. The van der Waals surface area contributed by atoms with Crippen molar-refractivity contribution in [3.63, 3.8) is 0 Å². The van der Waals surface area contributed by atoms with Gasteiger partial charge in [0.05, 0.1) is 29.1 Å². The van der Waals surface area contributed by atoms with Crippen LogP contribution in [0.15, 0.2) is 17.0 Å². The number of halogens is 1. The van der Waals surface area contributed by atoms with Crippen molar-refractivity contribution in [2.45, 2.75) is 30.3 Å². The molecule has 1 fully saturated rings. The number of nitro benzene ring substituents is 1. The van der Waals surface area contributed by atoms with Gasteiger partial charge < -0.3 is 20.1 Å². The van der Waals surface area contributed by atoms with E-state index in [0.29, 0.717) is 36.9 Å². The van der Waals surface area contributed by atoms with Crippen LogP contribution in [0.3, 0.4) is 0 Å². The lowest BCUT2D eigenvalue weighted by atomic mass is 10.1. The Balaban J connectivity index is 0.00000364. The summed E-state index contributed by atoms with van der Waals surface area (Å²) in [6.07, 6.45) is 4.19. The van der Waals surface area contributed by atoms with Gasteiger partial charge in [-0.1, -0.05) is 0 Å². The second kappa shape index (κ2) is 11.3. The van der Waals surface area contributed by atoms with Crippen LogP contribution in [-0.2, 0) is 4.74 Å². The minimum absolute atomic E-state index is 0. The molecule has 1 aliphatic rings. The second-order valence-corrected chi connectivity index (χ2v) is 6.83. The van der Waals surface area contributed by atoms with E-state index in [1.54, 1.807) is 11.0 Å². The number of amides is 1. The van der Waals surface area contributed by atoms with Crippen molar-refractivity contribution in [1.82, 2.24) is 4.90 Å². The lowest BCUT2D eigenvalue weighted by Crippen LogP contribution is -2.41. The van der Waals surface area contributed by atoms with Crippen LogP contribution in [0, 0.1) is 10.1 Å². The lowest BCUT2D eigenvalue weighted by molar-refractivity contribution is -0.385. The van der Waals surface area contributed by atoms with Crippen molar-refractivity contribution in [2.75, 3.05) is 39.6 Å². The van der Waals surface area contributed by atoms with E-state index in [4.69, 9.17) is 15.2 Å². The number of nitrogens with two attached hydrogens (primary N) is 1. The molecule has 1 heterocycles. The minimum atomic E-state index is -0.539. The largest absolute Gasteiger partial charge is 0.495 e. The molecule has 0 bridgehead atoms. The molecule has 2 rings (SSSR count). The second-order valence-electron chi connectivity index (χ2n) is 5.99. The molecule has 152 valence electrons. The van der Waals surface area contributed by atoms with Gasteiger partial charge in [0.15, 0.2) is 0 Å². The summed E-state index contributed by atoms with van der Waals surface area (Å²) in [7, 11) is 1.45. The number of carbonyl (C=O) groups excluding carboxylic acids is 1. The van der Waals surface area contributed by atoms with E-state index in [1.807, 2.05) is 6.26 Å². The lowest BCUT2D eigenvalue weighted by Gasteiger charge is -2.32. The number of benzene rings is 1. The van der Waals surface area contributed by atoms with E-state index in [2.05, 4.69) is 0 Å². The van der Waals surface area contributed by atoms with E-state index in [1.165, 1.54) is 24.9 Å². The fraction of sp³-hybridized carbons (Fsp3) is 0.588. The SMILES string of the molecule is COc1cc([N+](=O)[O-])c(C(=O)N2CCC(OCCCN)CC2)cc1SC.Cl. The van der Waals surface area contributed by atoms with Crippen LogP contribution in [0.1, 0.15) is 29.6 Å². The van der Waals surface area contributed by atoms with Crippen LogP contribution >= 0.6 is 24.2 Å². The summed E-state index contributed by atoms with van der Waals surface area (Å²) in [6.45, 7) is 2.25. The van der Waals surface area contributed by atoms with Gasteiger partial charge in [-0.3, -0.25) is 14.9 Å². The number of piperidine rings is 1. The first-order chi connectivity index (χ1) is 12.5. The van der Waals surface area contributed by atoms with Gasteiger partial charge in [-0.15, -0.1) is 24.2 Å². The number of carbonyl (C=O) groups is 1. The Labute approximate surface area is 169 Å². The van der Waals surface area contributed by atoms with E-state index >= 15 is 0 Å². The van der Waals surface area contributed by atoms with Crippen LogP contribution in [0.2, 0.25) is 0 Å². The molecular formula is C17H26ClN3O5S. The van der Waals surface area contributed by atoms with Gasteiger partial charge in [0.2, 0.25) is 0 Å². The topological polar surface area (TPSA) is 108 Å². The molecule has 1 amide bonds. The maximum atomic E-state index is 12.9. The predicted octanol–water partition coefficient (Wildman–Crippen LogP) is 2.72. The maximum Gasteiger partial charge on any atom is 0.285 e. The Morgan fingerprint density at radius 2 is 2.07 bits per heavy atom. The Bertz CT molecular complexity index is 654. The van der Waals surface area contributed by atoms with Crippen LogP contribution in [0.25, 0.3) is 0 Å². The van der Waals surface area contributed by atoms with Crippen molar-refractivity contribution in [2.24, 2.45) is 5.73 Å². The van der Waals surface area contributed by atoms with E-state index in [0.717, 1.165) is 19.3 Å². The first-order valence-electron chi connectivity index (χ1n) is 8.53. The standard InChI is InChI=1S/C17H25N3O5S.ClH/c1-24-15-11-14(20(22)23)13(10-16(15)26-2)17(21)19-7-4-12(5-8-19)25-9-3-6-18;/h10-12H,3-9,18H2,1-2H3;1H. The zero-order valence-electron chi connectivity index (χ0n) is 15.5. The predicted molar refractivity (Wildman–Crippen MR) is 107 cm³/mol. The van der Waals surface area contributed by atoms with E-state index in [9.17, 15) is 14.9 Å². The quantitative estimate of drug-likeness (QED) is 0.298. The smallest absolute Gasteiger partial charge is 0.285 e.